The molecule has 0 spiro atoms. The van der Waals surface area contributed by atoms with Gasteiger partial charge in [-0.2, -0.15) is 0 Å². The van der Waals surface area contributed by atoms with Crippen molar-refractivity contribution in [3.8, 4) is 0 Å². The van der Waals surface area contributed by atoms with Crippen LogP contribution >= 0.6 is 0 Å². The van der Waals surface area contributed by atoms with Crippen molar-refractivity contribution in [3.63, 3.8) is 0 Å². The monoisotopic (exact) mass is 876 g/mol. The van der Waals surface area contributed by atoms with Crippen molar-refractivity contribution in [1.82, 2.24) is 42.5 Å². The predicted octanol–water partition coefficient (Wildman–Crippen LogP) is -7.78. The smallest absolute Gasteiger partial charge is 0.373 e. The van der Waals surface area contributed by atoms with Crippen molar-refractivity contribution in [2.75, 3.05) is 105 Å². The number of nitrogens with zero attached hydrogens (tertiary/aromatic N) is 12. The van der Waals surface area contributed by atoms with Gasteiger partial charge in [0.2, 0.25) is 0 Å². The standard InChI is InChI=1S/2C10H24N4.2ClHO4.2Mn.4N3/c2*1-3-11-7-9-13-5-2-6-14-10-8-12-4-1;2*2-1(3,4)5;;;4*1-3-2/h2*11-14H,1-10H2;2*(H,2,3,4,5);;;;;;/q;;;;2*+3;4*-1/p-2. The molecule has 2 rings (SSSR count). The van der Waals surface area contributed by atoms with E-state index in [0.29, 0.717) is 0 Å². The Hall–Kier alpha value is -1.78. The van der Waals surface area contributed by atoms with Crippen LogP contribution in [0, 0.1) is 20.5 Å². The Morgan fingerprint density at radius 2 is 0.346 bits per heavy atom. The molecular weight excluding hydrogens is 829 g/mol. The summed E-state index contributed by atoms with van der Waals surface area (Å²) in [4.78, 5) is 6.00. The molecular formula is C20H48Cl2Mn2N20O8. The van der Waals surface area contributed by atoms with Gasteiger partial charge in [0, 0.05) is 52.4 Å². The van der Waals surface area contributed by atoms with Crippen LogP contribution in [-0.2, 0) is 34.1 Å². The largest absolute Gasteiger partial charge is 3.00 e. The first-order chi connectivity index (χ1) is 23.7. The van der Waals surface area contributed by atoms with Gasteiger partial charge in [-0.3, -0.25) is 19.6 Å². The van der Waals surface area contributed by atoms with Crippen LogP contribution in [0.15, 0.2) is 0 Å². The summed E-state index contributed by atoms with van der Waals surface area (Å²) in [6.07, 6.45) is 4.89. The number of rotatable bonds is 0. The maximum absolute atomic E-state index is 8.49. The fourth-order valence-electron chi connectivity index (χ4n) is 3.06. The molecule has 0 unspecified atom stereocenters. The minimum Gasteiger partial charge on any atom is -0.373 e. The molecule has 2 heterocycles. The van der Waals surface area contributed by atoms with E-state index < -0.39 is 20.5 Å². The first-order valence-corrected chi connectivity index (χ1v) is 17.0. The fraction of sp³-hybridized carbons (Fsp3) is 1.00. The average Bonchev–Trinajstić information content (AvgIpc) is 3.00. The summed E-state index contributed by atoms with van der Waals surface area (Å²) in [5, 5.41) is 27.4. The van der Waals surface area contributed by atoms with E-state index >= 15 is 0 Å². The summed E-state index contributed by atoms with van der Waals surface area (Å²) in [6.45, 7) is 17.7. The van der Waals surface area contributed by atoms with Gasteiger partial charge in [0.25, 0.3) is 0 Å². The topological polar surface area (TPSA) is 516 Å². The van der Waals surface area contributed by atoms with Crippen LogP contribution < -0.4 is 79.8 Å². The van der Waals surface area contributed by atoms with Gasteiger partial charge in [-0.1, -0.05) is 0 Å². The van der Waals surface area contributed by atoms with E-state index in [2.05, 4.69) is 42.5 Å². The molecule has 8 N–H and O–H groups in total. The Morgan fingerprint density at radius 3 is 0.423 bits per heavy atom. The van der Waals surface area contributed by atoms with E-state index in [9.17, 15) is 0 Å². The van der Waals surface area contributed by atoms with E-state index in [-0.39, 0.29) is 34.1 Å². The Kier molecular flexibility index (Phi) is 84.3. The van der Waals surface area contributed by atoms with Crippen LogP contribution in [-0.4, -0.2) is 105 Å². The molecule has 2 aliphatic rings. The molecule has 2 aliphatic heterocycles. The third-order valence-corrected chi connectivity index (χ3v) is 4.74. The molecule has 0 aromatic carbocycles. The zero-order valence-corrected chi connectivity index (χ0v) is 32.2. The summed E-state index contributed by atoms with van der Waals surface area (Å²) < 4.78 is 67.9. The Labute approximate surface area is 327 Å². The maximum atomic E-state index is 8.49. The molecule has 0 saturated carbocycles. The summed E-state index contributed by atoms with van der Waals surface area (Å²) in [7, 11) is -9.89. The van der Waals surface area contributed by atoms with Gasteiger partial charge in [0.15, 0.2) is 0 Å². The van der Waals surface area contributed by atoms with Crippen LogP contribution in [0.25, 0.3) is 63.9 Å². The number of hydrogen-bond acceptors (Lipinski definition) is 16. The zero-order valence-electron chi connectivity index (χ0n) is 28.3. The average molecular weight is 878 g/mol. The molecule has 52 heavy (non-hydrogen) atoms. The molecule has 0 aliphatic carbocycles. The Bertz CT molecular complexity index is 598. The Balaban J connectivity index is -0.0000000785. The number of halogens is 2. The summed E-state index contributed by atoms with van der Waals surface area (Å²) in [5.74, 6) is 0. The zero-order chi connectivity index (χ0) is 39.6. The normalized spacial score (nSPS) is 15.8. The van der Waals surface area contributed by atoms with Crippen molar-refractivity contribution in [2.45, 2.75) is 25.7 Å². The molecule has 0 radical (unpaired) electrons. The second-order valence-electron chi connectivity index (χ2n) is 8.53. The first-order valence-electron chi connectivity index (χ1n) is 14.5. The molecule has 2 fully saturated rings. The Morgan fingerprint density at radius 1 is 0.269 bits per heavy atom. The van der Waals surface area contributed by atoms with Gasteiger partial charge in [-0.25, -0.2) is 37.3 Å². The van der Waals surface area contributed by atoms with Crippen LogP contribution in [0.2, 0.25) is 0 Å². The molecule has 28 nitrogen and oxygen atoms in total. The summed E-state index contributed by atoms with van der Waals surface area (Å²) in [6, 6.07) is 0. The van der Waals surface area contributed by atoms with Gasteiger partial charge in [-0.05, 0) is 78.0 Å². The predicted molar refractivity (Wildman–Crippen MR) is 162 cm³/mol. The molecule has 304 valence electrons. The molecule has 0 bridgehead atoms. The second kappa shape index (κ2) is 64.2. The molecule has 0 aromatic heterocycles. The van der Waals surface area contributed by atoms with Gasteiger partial charge >= 0.3 is 34.1 Å². The van der Waals surface area contributed by atoms with Gasteiger partial charge in [-0.15, -0.1) is 20.5 Å². The molecule has 32 heteroatoms. The number of nitrogens with one attached hydrogen (secondary N) is 8. The van der Waals surface area contributed by atoms with Crippen molar-refractivity contribution in [1.29, 1.82) is 0 Å². The fourth-order valence-corrected chi connectivity index (χ4v) is 3.06. The third kappa shape index (κ3) is 156. The van der Waals surface area contributed by atoms with E-state index in [1.165, 1.54) is 45.3 Å². The summed E-state index contributed by atoms with van der Waals surface area (Å²) in [5.41, 5.74) is 54.0. The van der Waals surface area contributed by atoms with E-state index in [1.807, 2.05) is 0 Å². The quantitative estimate of drug-likeness (QED) is 0.0485. The van der Waals surface area contributed by atoms with Crippen LogP contribution in [0.4, 0.5) is 0 Å². The van der Waals surface area contributed by atoms with Gasteiger partial charge in [0.1, 0.15) is 0 Å². The van der Waals surface area contributed by atoms with E-state index in [0.717, 1.165) is 105 Å². The van der Waals surface area contributed by atoms with Crippen molar-refractivity contribution in [3.05, 3.63) is 63.9 Å². The van der Waals surface area contributed by atoms with E-state index in [4.69, 9.17) is 81.5 Å². The van der Waals surface area contributed by atoms with Crippen LogP contribution in [0.1, 0.15) is 25.7 Å². The van der Waals surface area contributed by atoms with E-state index in [1.54, 1.807) is 0 Å². The van der Waals surface area contributed by atoms with Crippen LogP contribution in [0.5, 0.6) is 0 Å². The van der Waals surface area contributed by atoms with Crippen LogP contribution in [0.3, 0.4) is 0 Å². The maximum Gasteiger partial charge on any atom is 3.00 e. The molecule has 0 atom stereocenters. The SMILES string of the molecule is C1CNCCNCCCNCCNC1.C1CNCCNCCCNCCNC1.[Mn+3].[Mn+3].[N-]=[N+]=[N-].[N-]=[N+]=[N-].[N-]=[N+]=[N-].[N-]=[N+]=[N-].[O-][Cl+3]([O-])([O-])[O-].[O-][Cl+3]([O-])([O-])[O-]. The third-order valence-electron chi connectivity index (χ3n) is 4.74. The summed E-state index contributed by atoms with van der Waals surface area (Å²) >= 11 is 0. The molecule has 0 aromatic rings. The molecule has 2 saturated heterocycles. The number of hydrogen-bond donors (Lipinski definition) is 8. The van der Waals surface area contributed by atoms with Gasteiger partial charge in [0.05, 0.1) is 0 Å². The second-order valence-corrected chi connectivity index (χ2v) is 10.0. The minimum atomic E-state index is -4.94. The molecule has 0 amide bonds. The van der Waals surface area contributed by atoms with Gasteiger partial charge < -0.3 is 86.8 Å². The van der Waals surface area contributed by atoms with Crippen molar-refractivity contribution >= 4 is 0 Å². The minimum absolute atomic E-state index is 0. The first kappa shape index (κ1) is 68.3. The van der Waals surface area contributed by atoms with Crippen molar-refractivity contribution < 1.29 is 91.9 Å². The van der Waals surface area contributed by atoms with Crippen molar-refractivity contribution in [2.24, 2.45) is 0 Å².